The third-order valence-electron chi connectivity index (χ3n) is 4.25. The highest BCUT2D eigenvalue weighted by Crippen LogP contribution is 2.12. The fourth-order valence-corrected chi connectivity index (χ4v) is 2.79. The van der Waals surface area contributed by atoms with Gasteiger partial charge in [0.1, 0.15) is 17.3 Å². The van der Waals surface area contributed by atoms with Gasteiger partial charge < -0.3 is 15.1 Å². The number of piperazine rings is 1. The fraction of sp³-hybridized carbons (Fsp3) is 0.706. The summed E-state index contributed by atoms with van der Waals surface area (Å²) in [5, 5.41) is 3.30. The van der Waals surface area contributed by atoms with Crippen molar-refractivity contribution < 1.29 is 4.79 Å². The fourth-order valence-electron chi connectivity index (χ4n) is 2.79. The molecule has 2 heterocycles. The second kappa shape index (κ2) is 8.82. The summed E-state index contributed by atoms with van der Waals surface area (Å²) < 4.78 is 0. The second-order valence-corrected chi connectivity index (χ2v) is 6.05. The van der Waals surface area contributed by atoms with E-state index in [-0.39, 0.29) is 5.91 Å². The number of aryl methyl sites for hydroxylation is 1. The highest BCUT2D eigenvalue weighted by Gasteiger charge is 2.22. The van der Waals surface area contributed by atoms with Gasteiger partial charge in [-0.15, -0.1) is 0 Å². The molecule has 128 valence electrons. The average molecular weight is 319 g/mol. The molecule has 1 aromatic heterocycles. The van der Waals surface area contributed by atoms with Crippen molar-refractivity contribution in [2.24, 2.45) is 0 Å². The van der Waals surface area contributed by atoms with Crippen LogP contribution in [0.4, 0.5) is 5.82 Å². The first kappa shape index (κ1) is 17.7. The smallest absolute Gasteiger partial charge is 0.272 e. The highest BCUT2D eigenvalue weighted by atomic mass is 16.2. The van der Waals surface area contributed by atoms with Crippen LogP contribution in [0.25, 0.3) is 0 Å². The van der Waals surface area contributed by atoms with Crippen molar-refractivity contribution in [3.8, 4) is 0 Å². The Bertz CT molecular complexity index is 512. The van der Waals surface area contributed by atoms with Crippen molar-refractivity contribution >= 4 is 11.7 Å². The van der Waals surface area contributed by atoms with Gasteiger partial charge in [-0.25, -0.2) is 9.97 Å². The lowest BCUT2D eigenvalue weighted by Crippen LogP contribution is -2.48. The van der Waals surface area contributed by atoms with Gasteiger partial charge in [0.2, 0.25) is 0 Å². The van der Waals surface area contributed by atoms with Crippen LogP contribution in [0.15, 0.2) is 6.07 Å². The van der Waals surface area contributed by atoms with E-state index in [1.807, 2.05) is 11.8 Å². The van der Waals surface area contributed by atoms with Crippen LogP contribution in [0.5, 0.6) is 0 Å². The van der Waals surface area contributed by atoms with Crippen LogP contribution >= 0.6 is 0 Å². The monoisotopic (exact) mass is 319 g/mol. The summed E-state index contributed by atoms with van der Waals surface area (Å²) in [4.78, 5) is 25.6. The van der Waals surface area contributed by atoms with Crippen molar-refractivity contribution in [2.75, 3.05) is 44.6 Å². The molecule has 1 aliphatic heterocycles. The van der Waals surface area contributed by atoms with E-state index in [1.165, 1.54) is 12.8 Å². The molecule has 1 N–H and O–H groups in total. The highest BCUT2D eigenvalue weighted by molar-refractivity contribution is 5.93. The Morgan fingerprint density at radius 1 is 1.17 bits per heavy atom. The largest absolute Gasteiger partial charge is 0.370 e. The van der Waals surface area contributed by atoms with Crippen LogP contribution in [0.2, 0.25) is 0 Å². The molecule has 0 saturated carbocycles. The van der Waals surface area contributed by atoms with Crippen LogP contribution < -0.4 is 5.32 Å². The SMILES string of the molecule is CCCCCNc1cc(C(=O)N2CCN(CC)CC2)nc(C)n1. The number of rotatable bonds is 7. The van der Waals surface area contributed by atoms with Crippen molar-refractivity contribution in [1.29, 1.82) is 0 Å². The third kappa shape index (κ3) is 5.16. The van der Waals surface area contributed by atoms with Gasteiger partial charge in [-0.05, 0) is 19.9 Å². The summed E-state index contributed by atoms with van der Waals surface area (Å²) in [5.74, 6) is 1.41. The molecule has 6 heteroatoms. The summed E-state index contributed by atoms with van der Waals surface area (Å²) >= 11 is 0. The van der Waals surface area contributed by atoms with E-state index >= 15 is 0 Å². The number of amides is 1. The van der Waals surface area contributed by atoms with Crippen LogP contribution in [0.1, 0.15) is 49.4 Å². The summed E-state index contributed by atoms with van der Waals surface area (Å²) in [6.45, 7) is 11.5. The molecule has 1 aromatic rings. The van der Waals surface area contributed by atoms with E-state index in [9.17, 15) is 4.79 Å². The van der Waals surface area contributed by atoms with Crippen molar-refractivity contribution in [1.82, 2.24) is 19.8 Å². The molecule has 6 nitrogen and oxygen atoms in total. The minimum atomic E-state index is 0.0165. The van der Waals surface area contributed by atoms with Gasteiger partial charge in [-0.2, -0.15) is 0 Å². The number of likely N-dealkylation sites (N-methyl/N-ethyl adjacent to an activating group) is 1. The second-order valence-electron chi connectivity index (χ2n) is 6.05. The van der Waals surface area contributed by atoms with Gasteiger partial charge in [-0.3, -0.25) is 4.79 Å². The first-order valence-electron chi connectivity index (χ1n) is 8.75. The van der Waals surface area contributed by atoms with Gasteiger partial charge in [0, 0.05) is 38.8 Å². The molecule has 23 heavy (non-hydrogen) atoms. The normalized spacial score (nSPS) is 15.7. The number of unbranched alkanes of at least 4 members (excludes halogenated alkanes) is 2. The Morgan fingerprint density at radius 2 is 1.91 bits per heavy atom. The maximum Gasteiger partial charge on any atom is 0.272 e. The van der Waals surface area contributed by atoms with Crippen molar-refractivity contribution in [2.45, 2.75) is 40.0 Å². The molecule has 2 rings (SSSR count). The lowest BCUT2D eigenvalue weighted by atomic mass is 10.2. The molecule has 1 fully saturated rings. The van der Waals surface area contributed by atoms with Crippen molar-refractivity contribution in [3.05, 3.63) is 17.6 Å². The first-order chi connectivity index (χ1) is 11.1. The molecule has 0 bridgehead atoms. The number of anilines is 1. The Kier molecular flexibility index (Phi) is 6.77. The van der Waals surface area contributed by atoms with E-state index in [0.29, 0.717) is 11.5 Å². The summed E-state index contributed by atoms with van der Waals surface area (Å²) in [7, 11) is 0. The lowest BCUT2D eigenvalue weighted by Gasteiger charge is -2.33. The molecular formula is C17H29N5O. The minimum absolute atomic E-state index is 0.0165. The Balaban J connectivity index is 1.98. The summed E-state index contributed by atoms with van der Waals surface area (Å²) in [6.07, 6.45) is 3.50. The number of nitrogens with zero attached hydrogens (tertiary/aromatic N) is 4. The van der Waals surface area contributed by atoms with E-state index in [4.69, 9.17) is 0 Å². The summed E-state index contributed by atoms with van der Waals surface area (Å²) in [6, 6.07) is 1.79. The predicted octanol–water partition coefficient (Wildman–Crippen LogP) is 2.16. The van der Waals surface area contributed by atoms with Crippen LogP contribution in [0.3, 0.4) is 0 Å². The number of aromatic nitrogens is 2. The van der Waals surface area contributed by atoms with Crippen LogP contribution in [-0.2, 0) is 0 Å². The summed E-state index contributed by atoms with van der Waals surface area (Å²) in [5.41, 5.74) is 0.500. The Morgan fingerprint density at radius 3 is 2.57 bits per heavy atom. The zero-order valence-electron chi connectivity index (χ0n) is 14.6. The average Bonchev–Trinajstić information content (AvgIpc) is 2.58. The maximum atomic E-state index is 12.7. The van der Waals surface area contributed by atoms with Gasteiger partial charge in [-0.1, -0.05) is 26.7 Å². The number of nitrogens with one attached hydrogen (secondary N) is 1. The molecule has 1 aliphatic rings. The Hall–Kier alpha value is -1.69. The maximum absolute atomic E-state index is 12.7. The molecule has 1 saturated heterocycles. The van der Waals surface area contributed by atoms with Crippen molar-refractivity contribution in [3.63, 3.8) is 0 Å². The number of hydrogen-bond donors (Lipinski definition) is 1. The lowest BCUT2D eigenvalue weighted by molar-refractivity contribution is 0.0637. The van der Waals surface area contributed by atoms with E-state index in [0.717, 1.165) is 51.5 Å². The minimum Gasteiger partial charge on any atom is -0.370 e. The zero-order chi connectivity index (χ0) is 16.7. The third-order valence-corrected chi connectivity index (χ3v) is 4.25. The van der Waals surface area contributed by atoms with E-state index < -0.39 is 0 Å². The first-order valence-corrected chi connectivity index (χ1v) is 8.75. The standard InChI is InChI=1S/C17H29N5O/c1-4-6-7-8-18-16-13-15(19-14(3)20-16)17(23)22-11-9-21(5-2)10-12-22/h13H,4-12H2,1-3H3,(H,18,19,20). The van der Waals surface area contributed by atoms with Crippen LogP contribution in [0, 0.1) is 6.92 Å². The van der Waals surface area contributed by atoms with Crippen LogP contribution in [-0.4, -0.2) is 64.9 Å². The quantitative estimate of drug-likeness (QED) is 0.781. The molecule has 0 aromatic carbocycles. The molecule has 0 atom stereocenters. The molecule has 0 aliphatic carbocycles. The molecular weight excluding hydrogens is 290 g/mol. The molecule has 0 spiro atoms. The van der Waals surface area contributed by atoms with E-state index in [2.05, 4.69) is 34.0 Å². The van der Waals surface area contributed by atoms with Gasteiger partial charge >= 0.3 is 0 Å². The topological polar surface area (TPSA) is 61.4 Å². The Labute approximate surface area is 139 Å². The van der Waals surface area contributed by atoms with Gasteiger partial charge in [0.05, 0.1) is 0 Å². The predicted molar refractivity (Wildman–Crippen MR) is 92.8 cm³/mol. The molecule has 0 radical (unpaired) electrons. The number of carbonyl (C=O) groups excluding carboxylic acids is 1. The molecule has 1 amide bonds. The van der Waals surface area contributed by atoms with Gasteiger partial charge in [0.15, 0.2) is 0 Å². The number of hydrogen-bond acceptors (Lipinski definition) is 5. The number of carbonyl (C=O) groups is 1. The van der Waals surface area contributed by atoms with E-state index in [1.54, 1.807) is 6.07 Å². The van der Waals surface area contributed by atoms with Gasteiger partial charge in [0.25, 0.3) is 5.91 Å². The molecule has 0 unspecified atom stereocenters. The zero-order valence-corrected chi connectivity index (χ0v) is 14.6.